The van der Waals surface area contributed by atoms with Crippen molar-refractivity contribution in [3.8, 4) is 5.75 Å². The molecular weight excluding hydrogens is 247 g/mol. The Hall–Kier alpha value is -1.49. The first-order valence-electron chi connectivity index (χ1n) is 6.31. The Morgan fingerprint density at radius 1 is 1.32 bits per heavy atom. The maximum atomic E-state index is 13.6. The first-order chi connectivity index (χ1) is 8.58. The molecular formula is C14H23FN2O2. The molecule has 0 saturated carbocycles. The molecule has 0 bridgehead atoms. The topological polar surface area (TPSA) is 67.5 Å². The van der Waals surface area contributed by atoms with Gasteiger partial charge in [-0.2, -0.15) is 0 Å². The predicted molar refractivity (Wildman–Crippen MR) is 76.0 cm³/mol. The number of nitrogen functional groups attached to an aromatic ring is 1. The van der Waals surface area contributed by atoms with Gasteiger partial charge in [-0.05, 0) is 34.6 Å². The Kier molecular flexibility index (Phi) is 4.30. The molecule has 1 rings (SSSR count). The third-order valence-corrected chi connectivity index (χ3v) is 3.38. The van der Waals surface area contributed by atoms with E-state index < -0.39 is 17.0 Å². The third-order valence-electron chi connectivity index (χ3n) is 3.38. The number of rotatable bonds is 5. The summed E-state index contributed by atoms with van der Waals surface area (Å²) < 4.78 is 18.8. The highest BCUT2D eigenvalue weighted by atomic mass is 19.1. The average molecular weight is 270 g/mol. The average Bonchev–Trinajstić information content (AvgIpc) is 2.23. The lowest BCUT2D eigenvalue weighted by molar-refractivity contribution is 0.0240. The van der Waals surface area contributed by atoms with Gasteiger partial charge in [-0.25, -0.2) is 4.39 Å². The van der Waals surface area contributed by atoms with E-state index in [2.05, 4.69) is 5.32 Å². The fourth-order valence-electron chi connectivity index (χ4n) is 1.43. The monoisotopic (exact) mass is 270 g/mol. The summed E-state index contributed by atoms with van der Waals surface area (Å²) in [6.45, 7) is 9.23. The molecule has 19 heavy (non-hydrogen) atoms. The molecule has 0 fully saturated rings. The first-order valence-corrected chi connectivity index (χ1v) is 6.31. The van der Waals surface area contributed by atoms with E-state index in [4.69, 9.17) is 10.5 Å². The van der Waals surface area contributed by atoms with Gasteiger partial charge in [0.05, 0.1) is 29.1 Å². The van der Waals surface area contributed by atoms with Crippen molar-refractivity contribution in [2.45, 2.75) is 45.8 Å². The highest BCUT2D eigenvalue weighted by molar-refractivity contribution is 5.69. The minimum atomic E-state index is -0.973. The molecule has 1 aromatic rings. The van der Waals surface area contributed by atoms with Crippen LogP contribution in [-0.2, 0) is 0 Å². The van der Waals surface area contributed by atoms with Gasteiger partial charge >= 0.3 is 0 Å². The van der Waals surface area contributed by atoms with E-state index in [1.165, 1.54) is 12.1 Å². The lowest BCUT2D eigenvalue weighted by Gasteiger charge is -2.39. The number of ether oxygens (including phenoxy) is 1. The smallest absolute Gasteiger partial charge is 0.167 e. The molecule has 0 spiro atoms. The summed E-state index contributed by atoms with van der Waals surface area (Å²) in [5.74, 6) is -0.350. The molecule has 108 valence electrons. The number of aliphatic hydroxyl groups is 1. The maximum absolute atomic E-state index is 13.6. The second-order valence-electron chi connectivity index (χ2n) is 5.61. The Morgan fingerprint density at radius 2 is 1.89 bits per heavy atom. The Morgan fingerprint density at radius 3 is 2.37 bits per heavy atom. The van der Waals surface area contributed by atoms with E-state index in [9.17, 15) is 9.50 Å². The minimum absolute atomic E-state index is 0.144. The van der Waals surface area contributed by atoms with Crippen molar-refractivity contribution in [3.63, 3.8) is 0 Å². The Balaban J connectivity index is 3.11. The number of nitrogens with two attached hydrogens (primary N) is 1. The molecule has 4 N–H and O–H groups in total. The van der Waals surface area contributed by atoms with Crippen LogP contribution in [0.15, 0.2) is 12.1 Å². The number of anilines is 2. The minimum Gasteiger partial charge on any atom is -0.491 e. The SMILES string of the molecule is CCOc1cc(NC(C)(C)C(C)(C)O)c(N)cc1F. The zero-order valence-electron chi connectivity index (χ0n) is 12.2. The van der Waals surface area contributed by atoms with Crippen LogP contribution in [0.3, 0.4) is 0 Å². The van der Waals surface area contributed by atoms with Crippen LogP contribution in [0.5, 0.6) is 5.75 Å². The fraction of sp³-hybridized carbons (Fsp3) is 0.571. The Labute approximate surface area is 113 Å². The summed E-state index contributed by atoms with van der Waals surface area (Å²) >= 11 is 0. The van der Waals surface area contributed by atoms with Crippen LogP contribution in [0.4, 0.5) is 15.8 Å². The van der Waals surface area contributed by atoms with Gasteiger partial charge in [-0.3, -0.25) is 0 Å². The highest BCUT2D eigenvalue weighted by Gasteiger charge is 2.35. The lowest BCUT2D eigenvalue weighted by atomic mass is 9.85. The zero-order valence-corrected chi connectivity index (χ0v) is 12.2. The quantitative estimate of drug-likeness (QED) is 0.720. The first kappa shape index (κ1) is 15.6. The number of hydrogen-bond donors (Lipinski definition) is 3. The van der Waals surface area contributed by atoms with E-state index in [0.29, 0.717) is 12.3 Å². The third kappa shape index (κ3) is 3.50. The molecule has 0 amide bonds. The second-order valence-corrected chi connectivity index (χ2v) is 5.61. The van der Waals surface area contributed by atoms with Crippen molar-refractivity contribution in [2.24, 2.45) is 0 Å². The standard InChI is InChI=1S/C14H23FN2O2/c1-6-19-12-8-11(10(16)7-9(12)15)17-13(2,3)14(4,5)18/h7-8,17-18H,6,16H2,1-5H3. The van der Waals surface area contributed by atoms with Crippen LogP contribution in [0.2, 0.25) is 0 Å². The molecule has 0 saturated heterocycles. The molecule has 1 aromatic carbocycles. The summed E-state index contributed by atoms with van der Waals surface area (Å²) in [6.07, 6.45) is 0. The van der Waals surface area contributed by atoms with Crippen LogP contribution in [0, 0.1) is 5.82 Å². The fourth-order valence-corrected chi connectivity index (χ4v) is 1.43. The van der Waals surface area contributed by atoms with Crippen LogP contribution in [0.1, 0.15) is 34.6 Å². The van der Waals surface area contributed by atoms with Crippen molar-refractivity contribution in [2.75, 3.05) is 17.7 Å². The molecule has 0 heterocycles. The molecule has 0 aliphatic heterocycles. The number of halogens is 1. The van der Waals surface area contributed by atoms with Crippen molar-refractivity contribution >= 4 is 11.4 Å². The summed E-state index contributed by atoms with van der Waals surface area (Å²) in [5, 5.41) is 13.2. The molecule has 5 heteroatoms. The van der Waals surface area contributed by atoms with Crippen LogP contribution in [-0.4, -0.2) is 22.9 Å². The Bertz CT molecular complexity index is 453. The van der Waals surface area contributed by atoms with Crippen LogP contribution >= 0.6 is 0 Å². The van der Waals surface area contributed by atoms with E-state index in [-0.39, 0.29) is 11.4 Å². The summed E-state index contributed by atoms with van der Waals surface area (Å²) in [6, 6.07) is 2.73. The van der Waals surface area contributed by atoms with Crippen LogP contribution in [0.25, 0.3) is 0 Å². The van der Waals surface area contributed by atoms with Crippen molar-refractivity contribution in [3.05, 3.63) is 17.9 Å². The van der Waals surface area contributed by atoms with E-state index in [0.717, 1.165) is 0 Å². The number of hydrogen-bond acceptors (Lipinski definition) is 4. The van der Waals surface area contributed by atoms with Crippen molar-refractivity contribution < 1.29 is 14.2 Å². The molecule has 0 unspecified atom stereocenters. The van der Waals surface area contributed by atoms with Gasteiger partial charge in [0.25, 0.3) is 0 Å². The normalized spacial score (nSPS) is 12.4. The summed E-state index contributed by atoms with van der Waals surface area (Å²) in [7, 11) is 0. The predicted octanol–water partition coefficient (Wildman–Crippen LogP) is 2.77. The van der Waals surface area contributed by atoms with Gasteiger partial charge in [0.15, 0.2) is 11.6 Å². The second kappa shape index (κ2) is 5.25. The molecule has 0 atom stereocenters. The number of nitrogens with one attached hydrogen (secondary N) is 1. The zero-order chi connectivity index (χ0) is 14.8. The van der Waals surface area contributed by atoms with E-state index in [1.807, 2.05) is 13.8 Å². The molecule has 0 aliphatic rings. The largest absolute Gasteiger partial charge is 0.491 e. The maximum Gasteiger partial charge on any atom is 0.167 e. The van der Waals surface area contributed by atoms with Gasteiger partial charge in [0.2, 0.25) is 0 Å². The van der Waals surface area contributed by atoms with E-state index in [1.54, 1.807) is 20.8 Å². The highest BCUT2D eigenvalue weighted by Crippen LogP contribution is 2.33. The molecule has 0 aliphatic carbocycles. The number of benzene rings is 1. The van der Waals surface area contributed by atoms with Crippen molar-refractivity contribution in [1.29, 1.82) is 0 Å². The lowest BCUT2D eigenvalue weighted by Crippen LogP contribution is -2.51. The van der Waals surface area contributed by atoms with E-state index >= 15 is 0 Å². The van der Waals surface area contributed by atoms with Crippen LogP contribution < -0.4 is 15.8 Å². The van der Waals surface area contributed by atoms with Gasteiger partial charge in [-0.15, -0.1) is 0 Å². The van der Waals surface area contributed by atoms with Gasteiger partial charge < -0.3 is 20.9 Å². The van der Waals surface area contributed by atoms with Crippen molar-refractivity contribution in [1.82, 2.24) is 0 Å². The van der Waals surface area contributed by atoms with Gasteiger partial charge in [0.1, 0.15) is 0 Å². The summed E-state index contributed by atoms with van der Waals surface area (Å²) in [4.78, 5) is 0. The molecule has 0 aromatic heterocycles. The summed E-state index contributed by atoms with van der Waals surface area (Å²) in [5.41, 5.74) is 5.00. The molecule has 4 nitrogen and oxygen atoms in total. The molecule has 0 radical (unpaired) electrons. The van der Waals surface area contributed by atoms with Gasteiger partial charge in [0, 0.05) is 12.1 Å². The van der Waals surface area contributed by atoms with Gasteiger partial charge in [-0.1, -0.05) is 0 Å².